The number of carbonyl (C=O) groups excluding carboxylic acids is 2. The van der Waals surface area contributed by atoms with Crippen LogP contribution in [0.2, 0.25) is 0 Å². The minimum atomic E-state index is -6.44. The molecule has 0 spiro atoms. The van der Waals surface area contributed by atoms with Gasteiger partial charge in [0, 0.05) is 30.5 Å². The number of nitrogens with one attached hydrogen (secondary N) is 1. The molecule has 2 fully saturated rings. The van der Waals surface area contributed by atoms with E-state index >= 15 is 0 Å². The van der Waals surface area contributed by atoms with Crippen LogP contribution in [0.1, 0.15) is 57.1 Å². The van der Waals surface area contributed by atoms with E-state index in [1.807, 2.05) is 0 Å². The van der Waals surface area contributed by atoms with Gasteiger partial charge in [0.1, 0.15) is 16.6 Å². The first kappa shape index (κ1) is 37.1. The van der Waals surface area contributed by atoms with Gasteiger partial charge in [0.25, 0.3) is 0 Å². The van der Waals surface area contributed by atoms with Gasteiger partial charge in [-0.3, -0.25) is 14.4 Å². The van der Waals surface area contributed by atoms with Gasteiger partial charge in [-0.2, -0.15) is 26.3 Å². The van der Waals surface area contributed by atoms with Gasteiger partial charge in [-0.05, 0) is 69.4 Å². The number of hydrogen-bond acceptors (Lipinski definition) is 5. The number of aliphatic carboxylic acids is 1. The van der Waals surface area contributed by atoms with Crippen LogP contribution in [-0.2, 0) is 34.6 Å². The lowest BCUT2D eigenvalue weighted by Gasteiger charge is -2.33. The van der Waals surface area contributed by atoms with Gasteiger partial charge in [-0.15, -0.1) is 0 Å². The second-order valence-electron chi connectivity index (χ2n) is 12.4. The Morgan fingerprint density at radius 3 is 1.81 bits per heavy atom. The zero-order chi connectivity index (χ0) is 36.0. The summed E-state index contributed by atoms with van der Waals surface area (Å²) >= 11 is 0. The van der Waals surface area contributed by atoms with E-state index in [1.165, 1.54) is 0 Å². The number of carboxylic acids is 1. The summed E-state index contributed by atoms with van der Waals surface area (Å²) in [4.78, 5) is 39.4. The van der Waals surface area contributed by atoms with Crippen molar-refractivity contribution in [3.8, 4) is 0 Å². The summed E-state index contributed by atoms with van der Waals surface area (Å²) in [5.41, 5.74) is -8.14. The van der Waals surface area contributed by atoms with E-state index in [2.05, 4.69) is 5.32 Å². The molecule has 0 aromatic heterocycles. The van der Waals surface area contributed by atoms with Gasteiger partial charge < -0.3 is 15.3 Å². The van der Waals surface area contributed by atoms with E-state index in [4.69, 9.17) is 0 Å². The maximum absolute atomic E-state index is 14.9. The van der Waals surface area contributed by atoms with Crippen molar-refractivity contribution in [1.82, 2.24) is 10.2 Å². The SMILES string of the molecule is CC(C)NC(=O)[C@@H]1CC(c2ccc(C(F)(C(F)(F)F)C(F)(F)F)cc2)(S(=O)(=O)c2ccc(F)cc2)CN1C(=O)C1CCC(C(=O)O)CC1. The molecule has 2 aliphatic rings. The monoisotopic (exact) mass is 712 g/mol. The number of nitrogens with zero attached hydrogens (tertiary/aromatic N) is 1. The van der Waals surface area contributed by atoms with Crippen molar-refractivity contribution in [2.45, 2.75) is 85.7 Å². The Hall–Kier alpha value is -3.76. The maximum atomic E-state index is 14.9. The molecular formula is C31H32F8N2O6S. The first-order valence-electron chi connectivity index (χ1n) is 14.8. The third-order valence-electron chi connectivity index (χ3n) is 9.00. The lowest BCUT2D eigenvalue weighted by atomic mass is 9.81. The molecular weight excluding hydrogens is 680 g/mol. The zero-order valence-corrected chi connectivity index (χ0v) is 26.4. The average molecular weight is 713 g/mol. The molecule has 1 unspecified atom stereocenters. The van der Waals surface area contributed by atoms with Crippen LogP contribution in [0.3, 0.4) is 0 Å². The number of amides is 2. The highest BCUT2D eigenvalue weighted by Crippen LogP contribution is 2.54. The van der Waals surface area contributed by atoms with Gasteiger partial charge in [-0.1, -0.05) is 24.3 Å². The van der Waals surface area contributed by atoms with Crippen molar-refractivity contribution in [3.05, 3.63) is 65.5 Å². The van der Waals surface area contributed by atoms with Gasteiger partial charge in [0.05, 0.1) is 10.8 Å². The number of carbonyl (C=O) groups is 3. The lowest BCUT2D eigenvalue weighted by molar-refractivity contribution is -0.348. The Morgan fingerprint density at radius 1 is 0.854 bits per heavy atom. The van der Waals surface area contributed by atoms with Crippen molar-refractivity contribution in [2.24, 2.45) is 11.8 Å². The number of halogens is 8. The van der Waals surface area contributed by atoms with Crippen LogP contribution < -0.4 is 5.32 Å². The molecule has 2 aromatic carbocycles. The zero-order valence-electron chi connectivity index (χ0n) is 25.5. The number of alkyl halides is 7. The molecule has 1 aliphatic heterocycles. The lowest BCUT2D eigenvalue weighted by Crippen LogP contribution is -2.50. The highest BCUT2D eigenvalue weighted by Gasteiger charge is 2.73. The summed E-state index contributed by atoms with van der Waals surface area (Å²) in [6.45, 7) is 2.36. The van der Waals surface area contributed by atoms with E-state index in [9.17, 15) is 63.0 Å². The summed E-state index contributed by atoms with van der Waals surface area (Å²) in [5, 5.41) is 11.9. The fourth-order valence-electron chi connectivity index (χ4n) is 6.43. The fraction of sp³-hybridized carbons (Fsp3) is 0.516. The topological polar surface area (TPSA) is 121 Å². The van der Waals surface area contributed by atoms with Crippen LogP contribution in [0.15, 0.2) is 53.4 Å². The minimum absolute atomic E-state index is 0.0880. The van der Waals surface area contributed by atoms with Crippen molar-refractivity contribution >= 4 is 27.6 Å². The van der Waals surface area contributed by atoms with E-state index in [1.54, 1.807) is 13.8 Å². The van der Waals surface area contributed by atoms with Crippen LogP contribution in [0.4, 0.5) is 35.1 Å². The molecule has 48 heavy (non-hydrogen) atoms. The van der Waals surface area contributed by atoms with Gasteiger partial charge in [0.2, 0.25) is 11.8 Å². The van der Waals surface area contributed by atoms with Crippen molar-refractivity contribution in [1.29, 1.82) is 0 Å². The smallest absolute Gasteiger partial charge is 0.435 e. The summed E-state index contributed by atoms with van der Waals surface area (Å²) in [5.74, 6) is -4.94. The molecule has 17 heteroatoms. The Balaban J connectivity index is 1.89. The minimum Gasteiger partial charge on any atom is -0.481 e. The maximum Gasteiger partial charge on any atom is 0.435 e. The molecule has 8 nitrogen and oxygen atoms in total. The Bertz CT molecular complexity index is 1620. The van der Waals surface area contributed by atoms with Gasteiger partial charge >= 0.3 is 24.0 Å². The third kappa shape index (κ3) is 6.49. The fourth-order valence-corrected chi connectivity index (χ4v) is 8.51. The average Bonchev–Trinajstić information content (AvgIpc) is 3.42. The van der Waals surface area contributed by atoms with Crippen LogP contribution >= 0.6 is 0 Å². The van der Waals surface area contributed by atoms with Gasteiger partial charge in [-0.25, -0.2) is 17.2 Å². The summed E-state index contributed by atoms with van der Waals surface area (Å²) in [6.07, 6.45) is -13.2. The molecule has 1 aliphatic carbocycles. The molecule has 264 valence electrons. The molecule has 0 bridgehead atoms. The highest BCUT2D eigenvalue weighted by atomic mass is 32.2. The molecule has 1 heterocycles. The number of carboxylic acid groups (broad SMARTS) is 1. The van der Waals surface area contributed by atoms with E-state index in [0.29, 0.717) is 12.1 Å². The molecule has 0 radical (unpaired) electrons. The standard InChI is InChI=1S/C31H32F8N2O6S/c1-17(2)40-25(42)24-15-28(48(46,47)23-13-11-22(32)12-14-23,16-41(24)26(43)18-3-5-19(6-4-18)27(44)45)20-7-9-21(10-8-20)29(33,30(34,35)36)31(37,38)39/h7-14,17-19,24H,3-6,15-16H2,1-2H3,(H,40,42)(H,44,45)/t18?,19?,24-,28?/m0/s1. The van der Waals surface area contributed by atoms with Crippen LogP contribution in [-0.4, -0.2) is 67.2 Å². The van der Waals surface area contributed by atoms with Crippen molar-refractivity contribution < 1.29 is 63.0 Å². The predicted octanol–water partition coefficient (Wildman–Crippen LogP) is 5.80. The molecule has 4 rings (SSSR count). The molecule has 2 N–H and O–H groups in total. The summed E-state index contributed by atoms with van der Waals surface area (Å²) in [6, 6.07) is 2.78. The van der Waals surface area contributed by atoms with E-state index in [-0.39, 0.29) is 37.8 Å². The van der Waals surface area contributed by atoms with Gasteiger partial charge in [0.15, 0.2) is 9.84 Å². The molecule has 2 aromatic rings. The number of likely N-dealkylation sites (tertiary alicyclic amines) is 1. The number of rotatable bonds is 8. The first-order chi connectivity index (χ1) is 22.1. The van der Waals surface area contributed by atoms with E-state index < -0.39 is 109 Å². The molecule has 1 saturated heterocycles. The summed E-state index contributed by atoms with van der Waals surface area (Å²) in [7, 11) is -4.84. The molecule has 2 amide bonds. The van der Waals surface area contributed by atoms with Crippen LogP contribution in [0.5, 0.6) is 0 Å². The number of sulfone groups is 1. The first-order valence-corrected chi connectivity index (χ1v) is 16.3. The van der Waals surface area contributed by atoms with Crippen molar-refractivity contribution in [3.63, 3.8) is 0 Å². The number of hydrogen-bond donors (Lipinski definition) is 2. The van der Waals surface area contributed by atoms with Crippen LogP contribution in [0, 0.1) is 17.7 Å². The normalized spacial score (nSPS) is 24.1. The largest absolute Gasteiger partial charge is 0.481 e. The second kappa shape index (κ2) is 12.9. The third-order valence-corrected chi connectivity index (χ3v) is 11.4. The number of benzene rings is 2. The molecule has 1 saturated carbocycles. The predicted molar refractivity (Wildman–Crippen MR) is 153 cm³/mol. The second-order valence-corrected chi connectivity index (χ2v) is 14.7. The Morgan fingerprint density at radius 2 is 1.35 bits per heavy atom. The van der Waals surface area contributed by atoms with Crippen LogP contribution in [0.25, 0.3) is 0 Å². The Labute approximate surface area is 270 Å². The quantitative estimate of drug-likeness (QED) is 0.264. The van der Waals surface area contributed by atoms with Crippen molar-refractivity contribution in [2.75, 3.05) is 6.54 Å². The summed E-state index contributed by atoms with van der Waals surface area (Å²) < 4.78 is 136. The molecule has 2 atom stereocenters. The highest BCUT2D eigenvalue weighted by molar-refractivity contribution is 7.92. The Kier molecular flexibility index (Phi) is 9.99. The van der Waals surface area contributed by atoms with E-state index in [0.717, 1.165) is 29.2 Å².